The van der Waals surface area contributed by atoms with E-state index in [-0.39, 0.29) is 42.0 Å². The monoisotopic (exact) mass is 396 g/mol. The average Bonchev–Trinajstić information content (AvgIpc) is 2.55. The third-order valence-corrected chi connectivity index (χ3v) is 5.12. The van der Waals surface area contributed by atoms with E-state index in [0.717, 1.165) is 31.0 Å². The van der Waals surface area contributed by atoms with Gasteiger partial charge in [0.2, 0.25) is 5.91 Å². The molecular weight excluding hydrogens is 366 g/mol. The maximum absolute atomic E-state index is 13.1. The van der Waals surface area contributed by atoms with Gasteiger partial charge < -0.3 is 15.0 Å². The molecule has 7 heteroatoms. The maximum Gasteiger partial charge on any atom is 0.258 e. The second kappa shape index (κ2) is 9.85. The molecule has 1 aromatic carbocycles. The number of halogens is 2. The molecule has 156 valence electrons. The zero-order valence-electron chi connectivity index (χ0n) is 17.0. The van der Waals surface area contributed by atoms with Crippen LogP contribution in [-0.4, -0.2) is 42.5 Å². The lowest BCUT2D eigenvalue weighted by Gasteiger charge is -2.44. The van der Waals surface area contributed by atoms with E-state index in [4.69, 9.17) is 4.74 Å². The van der Waals surface area contributed by atoms with Crippen molar-refractivity contribution in [1.29, 1.82) is 0 Å². The molecule has 5 nitrogen and oxygen atoms in total. The highest BCUT2D eigenvalue weighted by Crippen LogP contribution is 2.25. The first-order chi connectivity index (χ1) is 13.2. The van der Waals surface area contributed by atoms with Crippen LogP contribution in [0.2, 0.25) is 0 Å². The first-order valence-corrected chi connectivity index (χ1v) is 9.86. The molecule has 0 aromatic heterocycles. The summed E-state index contributed by atoms with van der Waals surface area (Å²) in [7, 11) is 0. The molecule has 28 heavy (non-hydrogen) atoms. The van der Waals surface area contributed by atoms with Crippen LogP contribution in [-0.2, 0) is 9.59 Å². The van der Waals surface area contributed by atoms with Crippen LogP contribution in [0.5, 0.6) is 5.75 Å². The van der Waals surface area contributed by atoms with Gasteiger partial charge in [0.1, 0.15) is 17.4 Å². The van der Waals surface area contributed by atoms with Gasteiger partial charge in [-0.2, -0.15) is 0 Å². The van der Waals surface area contributed by atoms with Gasteiger partial charge in [0.05, 0.1) is 0 Å². The lowest BCUT2D eigenvalue weighted by atomic mass is 9.88. The molecule has 1 heterocycles. The van der Waals surface area contributed by atoms with Gasteiger partial charge in [0.25, 0.3) is 5.91 Å². The van der Waals surface area contributed by atoms with Gasteiger partial charge in [-0.1, -0.05) is 20.8 Å². The third kappa shape index (κ3) is 6.17. The predicted molar refractivity (Wildman–Crippen MR) is 103 cm³/mol. The van der Waals surface area contributed by atoms with Crippen molar-refractivity contribution >= 4 is 11.8 Å². The highest BCUT2D eigenvalue weighted by molar-refractivity contribution is 5.80. The van der Waals surface area contributed by atoms with Crippen molar-refractivity contribution < 1.29 is 23.1 Å². The quantitative estimate of drug-likeness (QED) is 0.696. The van der Waals surface area contributed by atoms with Crippen LogP contribution in [0.3, 0.4) is 0 Å². The number of nitrogens with zero attached hydrogens (tertiary/aromatic N) is 1. The number of carbonyl (C=O) groups is 2. The number of hydrogen-bond acceptors (Lipinski definition) is 3. The Morgan fingerprint density at radius 1 is 1.18 bits per heavy atom. The van der Waals surface area contributed by atoms with E-state index in [1.165, 1.54) is 0 Å². The highest BCUT2D eigenvalue weighted by atomic mass is 19.1. The fourth-order valence-electron chi connectivity index (χ4n) is 3.45. The van der Waals surface area contributed by atoms with Crippen molar-refractivity contribution in [2.75, 3.05) is 19.7 Å². The summed E-state index contributed by atoms with van der Waals surface area (Å²) in [5.41, 5.74) is 0. The molecule has 0 radical (unpaired) electrons. The molecule has 1 saturated heterocycles. The van der Waals surface area contributed by atoms with Gasteiger partial charge >= 0.3 is 0 Å². The van der Waals surface area contributed by atoms with E-state index in [0.29, 0.717) is 19.0 Å². The zero-order chi connectivity index (χ0) is 20.8. The third-order valence-electron chi connectivity index (χ3n) is 5.12. The number of carbonyl (C=O) groups excluding carboxylic acids is 2. The fraction of sp³-hybridized carbons (Fsp3) is 0.619. The summed E-state index contributed by atoms with van der Waals surface area (Å²) >= 11 is 0. The zero-order valence-corrected chi connectivity index (χ0v) is 17.0. The number of rotatable bonds is 9. The number of benzene rings is 1. The van der Waals surface area contributed by atoms with Crippen molar-refractivity contribution in [2.24, 2.45) is 17.8 Å². The van der Waals surface area contributed by atoms with Crippen LogP contribution in [0.15, 0.2) is 18.2 Å². The SMILES string of the molecule is CCC(CC(C)C)C(=O)N1CC(C(C)NC(=O)COc2cc(F)cc(F)c2)C1. The standard InChI is InChI=1S/C21H30F2N2O3/c1-5-15(6-13(2)3)21(27)25-10-16(11-25)14(4)24-20(26)12-28-19-8-17(22)7-18(23)9-19/h7-9,13-16H,5-6,10-12H2,1-4H3,(H,24,26). The number of likely N-dealkylation sites (tertiary alicyclic amines) is 1. The summed E-state index contributed by atoms with van der Waals surface area (Å²) in [6.07, 6.45) is 1.73. The van der Waals surface area contributed by atoms with Gasteiger partial charge in [0, 0.05) is 49.2 Å². The smallest absolute Gasteiger partial charge is 0.258 e. The molecule has 1 fully saturated rings. The van der Waals surface area contributed by atoms with Crippen LogP contribution in [0.1, 0.15) is 40.5 Å². The second-order valence-corrected chi connectivity index (χ2v) is 7.99. The number of ether oxygens (including phenoxy) is 1. The molecule has 1 aliphatic heterocycles. The molecule has 0 spiro atoms. The van der Waals surface area contributed by atoms with Gasteiger partial charge in [-0.05, 0) is 25.7 Å². The molecule has 2 rings (SSSR count). The van der Waals surface area contributed by atoms with Crippen molar-refractivity contribution in [1.82, 2.24) is 10.2 Å². The van der Waals surface area contributed by atoms with Crippen LogP contribution >= 0.6 is 0 Å². The number of hydrogen-bond donors (Lipinski definition) is 1. The molecule has 1 aliphatic rings. The minimum atomic E-state index is -0.758. The Labute approximate surface area is 165 Å². The largest absolute Gasteiger partial charge is 0.484 e. The summed E-state index contributed by atoms with van der Waals surface area (Å²) < 4.78 is 31.4. The Morgan fingerprint density at radius 3 is 2.32 bits per heavy atom. The predicted octanol–water partition coefficient (Wildman–Crippen LogP) is 3.38. The molecule has 0 saturated carbocycles. The Morgan fingerprint density at radius 2 is 1.79 bits per heavy atom. The molecule has 2 unspecified atom stereocenters. The molecule has 1 aromatic rings. The first kappa shape index (κ1) is 22.1. The van der Waals surface area contributed by atoms with E-state index in [1.807, 2.05) is 18.7 Å². The number of nitrogens with one attached hydrogen (secondary N) is 1. The van der Waals surface area contributed by atoms with Crippen molar-refractivity contribution in [2.45, 2.75) is 46.6 Å². The first-order valence-electron chi connectivity index (χ1n) is 9.86. The van der Waals surface area contributed by atoms with Crippen molar-refractivity contribution in [3.05, 3.63) is 29.8 Å². The van der Waals surface area contributed by atoms with Crippen LogP contribution in [0.25, 0.3) is 0 Å². The minimum absolute atomic E-state index is 0.0310. The molecule has 2 amide bonds. The summed E-state index contributed by atoms with van der Waals surface area (Å²) in [5, 5.41) is 2.83. The molecule has 1 N–H and O–H groups in total. The molecule has 0 aliphatic carbocycles. The summed E-state index contributed by atoms with van der Waals surface area (Å²) in [5.74, 6) is -0.985. The Bertz CT molecular complexity index is 670. The molecule has 2 atom stereocenters. The minimum Gasteiger partial charge on any atom is -0.484 e. The fourth-order valence-corrected chi connectivity index (χ4v) is 3.45. The topological polar surface area (TPSA) is 58.6 Å². The van der Waals surface area contributed by atoms with E-state index in [2.05, 4.69) is 19.2 Å². The Balaban J connectivity index is 1.74. The van der Waals surface area contributed by atoms with Gasteiger partial charge in [-0.3, -0.25) is 9.59 Å². The van der Waals surface area contributed by atoms with E-state index < -0.39 is 11.6 Å². The van der Waals surface area contributed by atoms with Gasteiger partial charge in [-0.15, -0.1) is 0 Å². The Hall–Kier alpha value is -2.18. The van der Waals surface area contributed by atoms with Gasteiger partial charge in [0.15, 0.2) is 6.61 Å². The van der Waals surface area contributed by atoms with Crippen LogP contribution < -0.4 is 10.1 Å². The van der Waals surface area contributed by atoms with Crippen molar-refractivity contribution in [3.63, 3.8) is 0 Å². The summed E-state index contributed by atoms with van der Waals surface area (Å²) in [6, 6.07) is 2.67. The normalized spacial score (nSPS) is 16.5. The highest BCUT2D eigenvalue weighted by Gasteiger charge is 2.37. The molecule has 0 bridgehead atoms. The van der Waals surface area contributed by atoms with E-state index in [9.17, 15) is 18.4 Å². The maximum atomic E-state index is 13.1. The molecular formula is C21H30F2N2O3. The summed E-state index contributed by atoms with van der Waals surface area (Å²) in [4.78, 5) is 26.4. The lowest BCUT2D eigenvalue weighted by Crippen LogP contribution is -2.58. The van der Waals surface area contributed by atoms with Gasteiger partial charge in [-0.25, -0.2) is 8.78 Å². The van der Waals surface area contributed by atoms with Crippen LogP contribution in [0, 0.1) is 29.4 Å². The lowest BCUT2D eigenvalue weighted by molar-refractivity contribution is -0.143. The second-order valence-electron chi connectivity index (χ2n) is 7.99. The summed E-state index contributed by atoms with van der Waals surface area (Å²) in [6.45, 7) is 9.09. The number of amides is 2. The Kier molecular flexibility index (Phi) is 7.78. The average molecular weight is 396 g/mol. The van der Waals surface area contributed by atoms with E-state index >= 15 is 0 Å². The van der Waals surface area contributed by atoms with Crippen molar-refractivity contribution in [3.8, 4) is 5.75 Å². The van der Waals surface area contributed by atoms with E-state index in [1.54, 1.807) is 0 Å². The van der Waals surface area contributed by atoms with Crippen LogP contribution in [0.4, 0.5) is 8.78 Å².